The maximum atomic E-state index is 13.1. The van der Waals surface area contributed by atoms with Crippen molar-refractivity contribution in [1.29, 1.82) is 0 Å². The third kappa shape index (κ3) is 4.81. The van der Waals surface area contributed by atoms with Crippen LogP contribution in [-0.2, 0) is 16.1 Å². The summed E-state index contributed by atoms with van der Waals surface area (Å²) in [7, 11) is 0. The van der Waals surface area contributed by atoms with Crippen molar-refractivity contribution in [2.24, 2.45) is 0 Å². The molecule has 28 heavy (non-hydrogen) atoms. The standard InChI is InChI=1S/C21H22ClFN2O3/c1-2-19-21(27)24(13-15-3-7-17(23)8-4-15)11-12-25(19)20(26)14-28-18-9-5-16(22)6-10-18/h3-10,19H,2,11-14H2,1H3. The molecule has 2 aromatic rings. The Balaban J connectivity index is 1.60. The molecule has 0 aromatic heterocycles. The molecule has 1 aliphatic heterocycles. The van der Waals surface area contributed by atoms with Gasteiger partial charge in [0.1, 0.15) is 17.6 Å². The molecule has 0 saturated carbocycles. The van der Waals surface area contributed by atoms with Crippen LogP contribution in [0.5, 0.6) is 5.75 Å². The highest BCUT2D eigenvalue weighted by atomic mass is 35.5. The van der Waals surface area contributed by atoms with Gasteiger partial charge in [0.25, 0.3) is 5.91 Å². The average molecular weight is 405 g/mol. The van der Waals surface area contributed by atoms with Crippen molar-refractivity contribution in [1.82, 2.24) is 9.80 Å². The van der Waals surface area contributed by atoms with E-state index in [2.05, 4.69) is 0 Å². The van der Waals surface area contributed by atoms with E-state index in [1.54, 1.807) is 46.2 Å². The molecule has 1 heterocycles. The zero-order valence-corrected chi connectivity index (χ0v) is 16.4. The van der Waals surface area contributed by atoms with Gasteiger partial charge in [-0.2, -0.15) is 0 Å². The van der Waals surface area contributed by atoms with Gasteiger partial charge in [-0.15, -0.1) is 0 Å². The van der Waals surface area contributed by atoms with E-state index in [-0.39, 0.29) is 24.2 Å². The topological polar surface area (TPSA) is 49.9 Å². The molecular formula is C21H22ClFN2O3. The third-order valence-corrected chi connectivity index (χ3v) is 5.01. The van der Waals surface area contributed by atoms with Crippen molar-refractivity contribution in [3.8, 4) is 5.75 Å². The van der Waals surface area contributed by atoms with Gasteiger partial charge in [0.2, 0.25) is 5.91 Å². The summed E-state index contributed by atoms with van der Waals surface area (Å²) in [5, 5.41) is 0.590. The first-order valence-electron chi connectivity index (χ1n) is 9.19. The van der Waals surface area contributed by atoms with Gasteiger partial charge >= 0.3 is 0 Å². The molecule has 2 aromatic carbocycles. The summed E-state index contributed by atoms with van der Waals surface area (Å²) in [6.07, 6.45) is 0.519. The Kier molecular flexibility index (Phi) is 6.52. The highest BCUT2D eigenvalue weighted by Gasteiger charge is 2.36. The second-order valence-corrected chi connectivity index (χ2v) is 7.08. The Morgan fingerprint density at radius 2 is 1.82 bits per heavy atom. The van der Waals surface area contributed by atoms with Crippen molar-refractivity contribution in [2.45, 2.75) is 25.9 Å². The van der Waals surface area contributed by atoms with Crippen LogP contribution in [0.2, 0.25) is 5.02 Å². The first kappa shape index (κ1) is 20.1. The molecule has 5 nitrogen and oxygen atoms in total. The molecular weight excluding hydrogens is 383 g/mol. The number of piperazine rings is 1. The smallest absolute Gasteiger partial charge is 0.261 e. The van der Waals surface area contributed by atoms with Crippen LogP contribution in [-0.4, -0.2) is 47.4 Å². The van der Waals surface area contributed by atoms with Gasteiger partial charge in [-0.25, -0.2) is 4.39 Å². The molecule has 1 saturated heterocycles. The molecule has 0 N–H and O–H groups in total. The maximum absolute atomic E-state index is 13.1. The quantitative estimate of drug-likeness (QED) is 0.740. The van der Waals surface area contributed by atoms with Crippen LogP contribution < -0.4 is 4.74 Å². The van der Waals surface area contributed by atoms with Crippen LogP contribution in [0.25, 0.3) is 0 Å². The predicted octanol–water partition coefficient (Wildman–Crippen LogP) is 3.51. The molecule has 3 rings (SSSR count). The van der Waals surface area contributed by atoms with E-state index in [0.717, 1.165) is 5.56 Å². The second-order valence-electron chi connectivity index (χ2n) is 6.64. The molecule has 1 fully saturated rings. The van der Waals surface area contributed by atoms with Gasteiger partial charge in [0.15, 0.2) is 6.61 Å². The van der Waals surface area contributed by atoms with E-state index in [1.165, 1.54) is 12.1 Å². The lowest BCUT2D eigenvalue weighted by atomic mass is 10.1. The van der Waals surface area contributed by atoms with Gasteiger partial charge < -0.3 is 14.5 Å². The minimum atomic E-state index is -0.518. The molecule has 0 spiro atoms. The lowest BCUT2D eigenvalue weighted by Crippen LogP contribution is -2.59. The van der Waals surface area contributed by atoms with Crippen LogP contribution in [0.15, 0.2) is 48.5 Å². The van der Waals surface area contributed by atoms with Crippen LogP contribution in [0.3, 0.4) is 0 Å². The SMILES string of the molecule is CCC1C(=O)N(Cc2ccc(F)cc2)CCN1C(=O)COc1ccc(Cl)cc1. The first-order chi connectivity index (χ1) is 13.5. The van der Waals surface area contributed by atoms with Crippen LogP contribution >= 0.6 is 11.6 Å². The normalized spacial score (nSPS) is 17.0. The lowest BCUT2D eigenvalue weighted by molar-refractivity contribution is -0.153. The fourth-order valence-corrected chi connectivity index (χ4v) is 3.38. The Hall–Kier alpha value is -2.60. The van der Waals surface area contributed by atoms with Crippen molar-refractivity contribution in [2.75, 3.05) is 19.7 Å². The average Bonchev–Trinajstić information content (AvgIpc) is 2.70. The largest absolute Gasteiger partial charge is 0.484 e. The summed E-state index contributed by atoms with van der Waals surface area (Å²) in [4.78, 5) is 28.8. The zero-order chi connectivity index (χ0) is 20.1. The number of ether oxygens (including phenoxy) is 1. The minimum Gasteiger partial charge on any atom is -0.484 e. The van der Waals surface area contributed by atoms with Gasteiger partial charge in [-0.05, 0) is 48.4 Å². The van der Waals surface area contributed by atoms with E-state index in [1.807, 2.05) is 6.92 Å². The third-order valence-electron chi connectivity index (χ3n) is 4.75. The van der Waals surface area contributed by atoms with Crippen molar-refractivity contribution in [3.63, 3.8) is 0 Å². The summed E-state index contributed by atoms with van der Waals surface area (Å²) >= 11 is 5.84. The van der Waals surface area contributed by atoms with Crippen molar-refractivity contribution in [3.05, 3.63) is 64.9 Å². The Morgan fingerprint density at radius 1 is 1.14 bits per heavy atom. The van der Waals surface area contributed by atoms with Gasteiger partial charge in [0, 0.05) is 24.7 Å². The number of nitrogens with zero attached hydrogens (tertiary/aromatic N) is 2. The molecule has 148 valence electrons. The van der Waals surface area contributed by atoms with E-state index in [0.29, 0.717) is 36.8 Å². The highest BCUT2D eigenvalue weighted by Crippen LogP contribution is 2.19. The molecule has 1 atom stereocenters. The summed E-state index contributed by atoms with van der Waals surface area (Å²) in [6, 6.07) is 12.3. The van der Waals surface area contributed by atoms with E-state index >= 15 is 0 Å². The number of benzene rings is 2. The van der Waals surface area contributed by atoms with E-state index < -0.39 is 6.04 Å². The first-order valence-corrected chi connectivity index (χ1v) is 9.56. The maximum Gasteiger partial charge on any atom is 0.261 e. The summed E-state index contributed by atoms with van der Waals surface area (Å²) in [5.41, 5.74) is 0.857. The molecule has 7 heteroatoms. The number of halogens is 2. The van der Waals surface area contributed by atoms with Crippen LogP contribution in [0.4, 0.5) is 4.39 Å². The molecule has 0 radical (unpaired) electrons. The van der Waals surface area contributed by atoms with Gasteiger partial charge in [-0.3, -0.25) is 9.59 Å². The summed E-state index contributed by atoms with van der Waals surface area (Å²) in [5.74, 6) is -0.0841. The molecule has 0 bridgehead atoms. The van der Waals surface area contributed by atoms with Gasteiger partial charge in [-0.1, -0.05) is 30.7 Å². The monoisotopic (exact) mass is 404 g/mol. The zero-order valence-electron chi connectivity index (χ0n) is 15.6. The second kappa shape index (κ2) is 9.06. The summed E-state index contributed by atoms with van der Waals surface area (Å²) in [6.45, 7) is 3.01. The molecule has 1 unspecified atom stereocenters. The number of carbonyl (C=O) groups excluding carboxylic acids is 2. The minimum absolute atomic E-state index is 0.0992. The van der Waals surface area contributed by atoms with Crippen LogP contribution in [0, 0.1) is 5.82 Å². The van der Waals surface area contributed by atoms with Gasteiger partial charge in [0.05, 0.1) is 0 Å². The number of hydrogen-bond acceptors (Lipinski definition) is 3. The summed E-state index contributed by atoms with van der Waals surface area (Å²) < 4.78 is 18.6. The van der Waals surface area contributed by atoms with E-state index in [4.69, 9.17) is 16.3 Å². The molecule has 2 amide bonds. The van der Waals surface area contributed by atoms with Crippen LogP contribution in [0.1, 0.15) is 18.9 Å². The number of carbonyl (C=O) groups is 2. The molecule has 1 aliphatic rings. The number of rotatable bonds is 6. The van der Waals surface area contributed by atoms with Crippen molar-refractivity contribution < 1.29 is 18.7 Å². The fraction of sp³-hybridized carbons (Fsp3) is 0.333. The Labute approximate surface area is 168 Å². The number of amides is 2. The molecule has 0 aliphatic carbocycles. The predicted molar refractivity (Wildman–Crippen MR) is 105 cm³/mol. The Morgan fingerprint density at radius 3 is 2.46 bits per heavy atom. The fourth-order valence-electron chi connectivity index (χ4n) is 3.26. The lowest BCUT2D eigenvalue weighted by Gasteiger charge is -2.40. The van der Waals surface area contributed by atoms with E-state index in [9.17, 15) is 14.0 Å². The highest BCUT2D eigenvalue weighted by molar-refractivity contribution is 6.30. The number of hydrogen-bond donors (Lipinski definition) is 0. The van der Waals surface area contributed by atoms with Crippen molar-refractivity contribution >= 4 is 23.4 Å². The Bertz CT molecular complexity index is 827.